The fraction of sp³-hybridized carbons (Fsp3) is 0.429. The predicted octanol–water partition coefficient (Wildman–Crippen LogP) is 2.90. The lowest BCUT2D eigenvalue weighted by Crippen LogP contribution is -2.50. The minimum atomic E-state index is -3.61. The third kappa shape index (κ3) is 5.37. The molecule has 10 heteroatoms. The number of piperidine rings is 1. The van der Waals surface area contributed by atoms with Crippen molar-refractivity contribution in [1.29, 1.82) is 0 Å². The number of anilines is 1. The molecule has 1 aliphatic heterocycles. The molecule has 1 unspecified atom stereocenters. The van der Waals surface area contributed by atoms with Gasteiger partial charge in [-0.15, -0.1) is 11.3 Å². The Labute approximate surface area is 186 Å². The predicted molar refractivity (Wildman–Crippen MR) is 118 cm³/mol. The summed E-state index contributed by atoms with van der Waals surface area (Å²) in [7, 11) is -2.13. The molecule has 3 rings (SSSR count). The van der Waals surface area contributed by atoms with E-state index in [9.17, 15) is 18.0 Å². The van der Waals surface area contributed by atoms with Crippen molar-refractivity contribution in [3.8, 4) is 5.75 Å². The van der Waals surface area contributed by atoms with Gasteiger partial charge in [0.2, 0.25) is 0 Å². The average molecular weight is 467 g/mol. The number of hydrogen-bond acceptors (Lipinski definition) is 7. The van der Waals surface area contributed by atoms with Crippen LogP contribution in [0.15, 0.2) is 46.0 Å². The Kier molecular flexibility index (Phi) is 7.55. The number of esters is 1. The number of ether oxygens (including phenoxy) is 2. The molecule has 1 amide bonds. The maximum absolute atomic E-state index is 12.6. The molecular formula is C21H26N2O6S2. The standard InChI is InChI=1S/C21H26N2O6S2/c1-3-28-21(25)18-7-4-5-13-23(18)19(24)15-29-17-11-9-16(10-12-17)22(2)31(26,27)20-8-6-14-30-20/h6,8-12,14,18H,3-5,7,13,15H2,1-2H3. The van der Waals surface area contributed by atoms with E-state index in [0.29, 0.717) is 24.4 Å². The topological polar surface area (TPSA) is 93.2 Å². The van der Waals surface area contributed by atoms with E-state index in [1.165, 1.54) is 16.3 Å². The number of sulfonamides is 1. The summed E-state index contributed by atoms with van der Waals surface area (Å²) in [5, 5.41) is 1.71. The first-order valence-corrected chi connectivity index (χ1v) is 12.4. The Morgan fingerprint density at radius 3 is 2.58 bits per heavy atom. The van der Waals surface area contributed by atoms with Crippen molar-refractivity contribution in [2.75, 3.05) is 31.1 Å². The van der Waals surface area contributed by atoms with Crippen LogP contribution in [0, 0.1) is 0 Å². The third-order valence-electron chi connectivity index (χ3n) is 5.05. The van der Waals surface area contributed by atoms with E-state index in [1.54, 1.807) is 48.7 Å². The largest absolute Gasteiger partial charge is 0.484 e. The van der Waals surface area contributed by atoms with Crippen LogP contribution in [0.1, 0.15) is 26.2 Å². The molecule has 168 valence electrons. The van der Waals surface area contributed by atoms with Crippen LogP contribution in [0.4, 0.5) is 5.69 Å². The summed E-state index contributed by atoms with van der Waals surface area (Å²) in [6.45, 7) is 2.30. The Morgan fingerprint density at radius 1 is 1.19 bits per heavy atom. The number of nitrogens with zero attached hydrogens (tertiary/aromatic N) is 2. The molecule has 1 atom stereocenters. The Balaban J connectivity index is 1.61. The van der Waals surface area contributed by atoms with Gasteiger partial charge in [0.25, 0.3) is 15.9 Å². The minimum absolute atomic E-state index is 0.210. The van der Waals surface area contributed by atoms with Gasteiger partial charge in [0.15, 0.2) is 6.61 Å². The number of rotatable bonds is 8. The van der Waals surface area contributed by atoms with Gasteiger partial charge in [0, 0.05) is 13.6 Å². The van der Waals surface area contributed by atoms with Crippen LogP contribution in [0.25, 0.3) is 0 Å². The zero-order valence-corrected chi connectivity index (χ0v) is 19.2. The monoisotopic (exact) mass is 466 g/mol. The zero-order valence-electron chi connectivity index (χ0n) is 17.5. The van der Waals surface area contributed by atoms with Gasteiger partial charge in [0.1, 0.15) is 16.0 Å². The molecule has 8 nitrogen and oxygen atoms in total. The molecule has 0 N–H and O–H groups in total. The molecule has 0 bridgehead atoms. The highest BCUT2D eigenvalue weighted by atomic mass is 32.2. The number of likely N-dealkylation sites (tertiary alicyclic amines) is 1. The van der Waals surface area contributed by atoms with Gasteiger partial charge in [-0.25, -0.2) is 13.2 Å². The number of hydrogen-bond donors (Lipinski definition) is 0. The number of amides is 1. The molecular weight excluding hydrogens is 440 g/mol. The van der Waals surface area contributed by atoms with Crippen LogP contribution in [0.3, 0.4) is 0 Å². The molecule has 0 aliphatic carbocycles. The summed E-state index contributed by atoms with van der Waals surface area (Å²) in [6.07, 6.45) is 2.29. The lowest BCUT2D eigenvalue weighted by Gasteiger charge is -2.33. The van der Waals surface area contributed by atoms with E-state index >= 15 is 0 Å². The van der Waals surface area contributed by atoms with Crippen molar-refractivity contribution < 1.29 is 27.5 Å². The molecule has 1 saturated heterocycles. The van der Waals surface area contributed by atoms with Crippen molar-refractivity contribution in [3.63, 3.8) is 0 Å². The van der Waals surface area contributed by atoms with Gasteiger partial charge in [-0.3, -0.25) is 9.10 Å². The number of benzene rings is 1. The molecule has 1 aromatic carbocycles. The minimum Gasteiger partial charge on any atom is -0.484 e. The first kappa shape index (κ1) is 23.1. The van der Waals surface area contributed by atoms with E-state index in [4.69, 9.17) is 9.47 Å². The second-order valence-corrected chi connectivity index (χ2v) is 10.2. The molecule has 0 saturated carbocycles. The van der Waals surface area contributed by atoms with Crippen LogP contribution < -0.4 is 9.04 Å². The van der Waals surface area contributed by atoms with Crippen LogP contribution in [-0.4, -0.2) is 58.0 Å². The normalized spacial score (nSPS) is 16.6. The smallest absolute Gasteiger partial charge is 0.328 e. The second-order valence-electron chi connectivity index (χ2n) is 7.04. The van der Waals surface area contributed by atoms with E-state index in [2.05, 4.69) is 0 Å². The first-order valence-electron chi connectivity index (χ1n) is 10.1. The van der Waals surface area contributed by atoms with Gasteiger partial charge in [-0.1, -0.05) is 6.07 Å². The zero-order chi connectivity index (χ0) is 22.4. The number of carbonyl (C=O) groups excluding carboxylic acids is 2. The van der Waals surface area contributed by atoms with E-state index < -0.39 is 16.1 Å². The Bertz CT molecular complexity index is 989. The lowest BCUT2D eigenvalue weighted by molar-refractivity contribution is -0.157. The van der Waals surface area contributed by atoms with Crippen molar-refractivity contribution in [1.82, 2.24) is 4.90 Å². The van der Waals surface area contributed by atoms with Gasteiger partial charge in [-0.2, -0.15) is 0 Å². The van der Waals surface area contributed by atoms with Crippen LogP contribution in [-0.2, 0) is 24.3 Å². The van der Waals surface area contributed by atoms with Gasteiger partial charge >= 0.3 is 5.97 Å². The van der Waals surface area contributed by atoms with Gasteiger partial charge < -0.3 is 14.4 Å². The van der Waals surface area contributed by atoms with Gasteiger partial charge in [0.05, 0.1) is 12.3 Å². The van der Waals surface area contributed by atoms with Crippen LogP contribution in [0.5, 0.6) is 5.75 Å². The summed E-state index contributed by atoms with van der Waals surface area (Å²) in [5.74, 6) is -0.224. The van der Waals surface area contributed by atoms with E-state index in [1.807, 2.05) is 0 Å². The summed E-state index contributed by atoms with van der Waals surface area (Å²) in [4.78, 5) is 26.3. The quantitative estimate of drug-likeness (QED) is 0.556. The SMILES string of the molecule is CCOC(=O)C1CCCCN1C(=O)COc1ccc(N(C)S(=O)(=O)c2cccs2)cc1. The third-order valence-corrected chi connectivity index (χ3v) is 8.21. The van der Waals surface area contributed by atoms with Crippen LogP contribution in [0.2, 0.25) is 0 Å². The van der Waals surface area contributed by atoms with E-state index in [0.717, 1.165) is 24.2 Å². The highest BCUT2D eigenvalue weighted by Crippen LogP contribution is 2.27. The Morgan fingerprint density at radius 2 is 1.94 bits per heavy atom. The van der Waals surface area contributed by atoms with Crippen molar-refractivity contribution in [2.45, 2.75) is 36.4 Å². The lowest BCUT2D eigenvalue weighted by atomic mass is 10.0. The maximum Gasteiger partial charge on any atom is 0.328 e. The average Bonchev–Trinajstić information content (AvgIpc) is 3.33. The van der Waals surface area contributed by atoms with Gasteiger partial charge in [-0.05, 0) is 61.9 Å². The van der Waals surface area contributed by atoms with E-state index in [-0.39, 0.29) is 29.3 Å². The molecule has 31 heavy (non-hydrogen) atoms. The van der Waals surface area contributed by atoms with Crippen molar-refractivity contribution in [2.24, 2.45) is 0 Å². The molecule has 1 fully saturated rings. The summed E-state index contributed by atoms with van der Waals surface area (Å²) < 4.78 is 37.4. The highest BCUT2D eigenvalue weighted by molar-refractivity contribution is 7.94. The molecule has 1 aliphatic rings. The Hall–Kier alpha value is -2.59. The number of carbonyl (C=O) groups is 2. The first-order chi connectivity index (χ1) is 14.8. The fourth-order valence-electron chi connectivity index (χ4n) is 3.38. The molecule has 2 heterocycles. The molecule has 1 aromatic heterocycles. The second kappa shape index (κ2) is 10.1. The highest BCUT2D eigenvalue weighted by Gasteiger charge is 2.33. The summed E-state index contributed by atoms with van der Waals surface area (Å²) >= 11 is 1.16. The van der Waals surface area contributed by atoms with Crippen LogP contribution >= 0.6 is 11.3 Å². The maximum atomic E-state index is 12.6. The fourth-order valence-corrected chi connectivity index (χ4v) is 5.73. The van der Waals surface area contributed by atoms with Crippen molar-refractivity contribution >= 4 is 38.9 Å². The number of thiophene rings is 1. The molecule has 0 spiro atoms. The molecule has 2 aromatic rings. The molecule has 0 radical (unpaired) electrons. The van der Waals surface area contributed by atoms with Crippen molar-refractivity contribution in [3.05, 3.63) is 41.8 Å². The summed E-state index contributed by atoms with van der Waals surface area (Å²) in [6, 6.07) is 9.14. The summed E-state index contributed by atoms with van der Waals surface area (Å²) in [5.41, 5.74) is 0.477.